The smallest absolute Gasteiger partial charge is 0.422 e. The van der Waals surface area contributed by atoms with Crippen molar-refractivity contribution in [1.82, 2.24) is 4.98 Å². The maximum atomic E-state index is 12.3. The normalized spacial score (nSPS) is 11.5. The minimum absolute atomic E-state index is 0.0274. The molecular weight excluding hydrogens is 299 g/mol. The van der Waals surface area contributed by atoms with E-state index in [9.17, 15) is 18.0 Å². The second-order valence-corrected chi connectivity index (χ2v) is 4.62. The van der Waals surface area contributed by atoms with Crippen molar-refractivity contribution >= 4 is 10.9 Å². The molecule has 1 N–H and O–H groups in total. The number of aromatic nitrogens is 1. The minimum Gasteiger partial charge on any atom is -0.484 e. The lowest BCUT2D eigenvalue weighted by molar-refractivity contribution is -0.153. The van der Waals surface area contributed by atoms with Crippen LogP contribution in [0, 0.1) is 6.92 Å². The van der Waals surface area contributed by atoms with E-state index < -0.39 is 12.8 Å². The molecular formula is C15H14F3NO3. The Kier molecular flexibility index (Phi) is 4.44. The van der Waals surface area contributed by atoms with E-state index in [1.165, 1.54) is 24.3 Å². The second kappa shape index (κ2) is 6.13. The van der Waals surface area contributed by atoms with Gasteiger partial charge in [0.1, 0.15) is 12.4 Å². The molecule has 0 bridgehead atoms. The third-order valence-corrected chi connectivity index (χ3v) is 2.85. The van der Waals surface area contributed by atoms with Crippen molar-refractivity contribution in [3.63, 3.8) is 0 Å². The van der Waals surface area contributed by atoms with Crippen molar-refractivity contribution in [3.05, 3.63) is 46.8 Å². The van der Waals surface area contributed by atoms with Gasteiger partial charge in [-0.2, -0.15) is 13.2 Å². The van der Waals surface area contributed by atoms with Crippen LogP contribution in [0.25, 0.3) is 10.9 Å². The lowest BCUT2D eigenvalue weighted by atomic mass is 10.1. The molecule has 4 nitrogen and oxygen atoms in total. The molecule has 118 valence electrons. The molecule has 22 heavy (non-hydrogen) atoms. The Bertz CT molecular complexity index is 750. The standard InChI is InChI=1S/C15H14F3NO3/c1-3-6-21-14-9(2)19-12-7-10(22-8-15(16,17)18)4-5-11(12)13(14)20/h3-5,7H,1,6,8H2,2H3,(H,19,20). The number of pyridine rings is 1. The summed E-state index contributed by atoms with van der Waals surface area (Å²) >= 11 is 0. The van der Waals surface area contributed by atoms with E-state index in [0.29, 0.717) is 16.6 Å². The largest absolute Gasteiger partial charge is 0.484 e. The highest BCUT2D eigenvalue weighted by molar-refractivity contribution is 5.81. The zero-order valence-corrected chi connectivity index (χ0v) is 11.8. The van der Waals surface area contributed by atoms with Gasteiger partial charge in [0.15, 0.2) is 12.4 Å². The first-order chi connectivity index (χ1) is 10.3. The molecule has 0 saturated carbocycles. The second-order valence-electron chi connectivity index (χ2n) is 4.62. The molecule has 0 spiro atoms. The van der Waals surface area contributed by atoms with Crippen LogP contribution in [0.4, 0.5) is 13.2 Å². The molecule has 0 unspecified atom stereocenters. The summed E-state index contributed by atoms with van der Waals surface area (Å²) in [6, 6.07) is 4.07. The van der Waals surface area contributed by atoms with E-state index in [0.717, 1.165) is 0 Å². The van der Waals surface area contributed by atoms with Crippen molar-refractivity contribution in [3.8, 4) is 11.5 Å². The first-order valence-electron chi connectivity index (χ1n) is 6.41. The summed E-state index contributed by atoms with van der Waals surface area (Å²) in [5, 5.41) is 0.309. The first-order valence-corrected chi connectivity index (χ1v) is 6.41. The van der Waals surface area contributed by atoms with Crippen LogP contribution in [-0.4, -0.2) is 24.4 Å². The fourth-order valence-electron chi connectivity index (χ4n) is 1.95. The predicted molar refractivity (Wildman–Crippen MR) is 76.5 cm³/mol. The number of aryl methyl sites for hydroxylation is 1. The maximum absolute atomic E-state index is 12.3. The summed E-state index contributed by atoms with van der Waals surface area (Å²) < 4.78 is 46.4. The number of rotatable bonds is 5. The third kappa shape index (κ3) is 3.60. The van der Waals surface area contributed by atoms with E-state index in [-0.39, 0.29) is 23.5 Å². The van der Waals surface area contributed by atoms with E-state index in [1.807, 2.05) is 0 Å². The number of fused-ring (bicyclic) bond motifs is 1. The highest BCUT2D eigenvalue weighted by atomic mass is 19.4. The Balaban J connectivity index is 2.38. The fourth-order valence-corrected chi connectivity index (χ4v) is 1.95. The van der Waals surface area contributed by atoms with Crippen molar-refractivity contribution in [2.75, 3.05) is 13.2 Å². The predicted octanol–water partition coefficient (Wildman–Crippen LogP) is 3.34. The van der Waals surface area contributed by atoms with Gasteiger partial charge in [0, 0.05) is 11.5 Å². The number of halogens is 3. The van der Waals surface area contributed by atoms with Crippen LogP contribution in [0.2, 0.25) is 0 Å². The molecule has 0 atom stereocenters. The molecule has 2 rings (SSSR count). The van der Waals surface area contributed by atoms with E-state index in [2.05, 4.69) is 16.3 Å². The van der Waals surface area contributed by atoms with Gasteiger partial charge in [0.2, 0.25) is 5.43 Å². The molecule has 0 aliphatic rings. The fraction of sp³-hybridized carbons (Fsp3) is 0.267. The zero-order chi connectivity index (χ0) is 16.3. The third-order valence-electron chi connectivity index (χ3n) is 2.85. The molecule has 1 heterocycles. The summed E-state index contributed by atoms with van der Waals surface area (Å²) in [7, 11) is 0. The topological polar surface area (TPSA) is 51.3 Å². The zero-order valence-electron chi connectivity index (χ0n) is 11.8. The molecule has 7 heteroatoms. The SMILES string of the molecule is C=CCOc1c(C)[nH]c2cc(OCC(F)(F)F)ccc2c1=O. The van der Waals surface area contributed by atoms with E-state index in [4.69, 9.17) is 4.74 Å². The summed E-state index contributed by atoms with van der Waals surface area (Å²) in [5.74, 6) is 0.191. The molecule has 0 aliphatic carbocycles. The number of ether oxygens (including phenoxy) is 2. The van der Waals surface area contributed by atoms with Crippen molar-refractivity contribution in [2.45, 2.75) is 13.1 Å². The Morgan fingerprint density at radius 1 is 1.32 bits per heavy atom. The van der Waals surface area contributed by atoms with Crippen LogP contribution in [0.15, 0.2) is 35.6 Å². The van der Waals surface area contributed by atoms with Crippen LogP contribution in [-0.2, 0) is 0 Å². The molecule has 1 aromatic heterocycles. The molecule has 2 aromatic rings. The Morgan fingerprint density at radius 3 is 2.68 bits per heavy atom. The van der Waals surface area contributed by atoms with Gasteiger partial charge < -0.3 is 14.5 Å². The van der Waals surface area contributed by atoms with Gasteiger partial charge in [-0.25, -0.2) is 0 Å². The van der Waals surface area contributed by atoms with Crippen molar-refractivity contribution in [2.24, 2.45) is 0 Å². The summed E-state index contributed by atoms with van der Waals surface area (Å²) in [5.41, 5.74) is 0.524. The molecule has 0 fully saturated rings. The quantitative estimate of drug-likeness (QED) is 0.861. The highest BCUT2D eigenvalue weighted by Gasteiger charge is 2.28. The Labute approximate surface area is 124 Å². The van der Waals surface area contributed by atoms with Gasteiger partial charge in [0.05, 0.1) is 11.2 Å². The Hall–Kier alpha value is -2.44. The molecule has 0 aliphatic heterocycles. The first kappa shape index (κ1) is 15.9. The van der Waals surface area contributed by atoms with Gasteiger partial charge in [-0.15, -0.1) is 0 Å². The minimum atomic E-state index is -4.42. The monoisotopic (exact) mass is 313 g/mol. The van der Waals surface area contributed by atoms with Gasteiger partial charge >= 0.3 is 6.18 Å². The molecule has 1 aromatic carbocycles. The van der Waals surface area contributed by atoms with Crippen LogP contribution >= 0.6 is 0 Å². The van der Waals surface area contributed by atoms with Crippen molar-refractivity contribution < 1.29 is 22.6 Å². The molecule has 0 saturated heterocycles. The Morgan fingerprint density at radius 2 is 2.05 bits per heavy atom. The van der Waals surface area contributed by atoms with Gasteiger partial charge in [-0.3, -0.25) is 4.79 Å². The number of nitrogens with one attached hydrogen (secondary N) is 1. The van der Waals surface area contributed by atoms with Crippen LogP contribution in [0.1, 0.15) is 5.69 Å². The average molecular weight is 313 g/mol. The maximum Gasteiger partial charge on any atom is 0.422 e. The van der Waals surface area contributed by atoms with Gasteiger partial charge in [0.25, 0.3) is 0 Å². The number of hydrogen-bond donors (Lipinski definition) is 1. The van der Waals surface area contributed by atoms with Crippen LogP contribution in [0.5, 0.6) is 11.5 Å². The summed E-state index contributed by atoms with van der Waals surface area (Å²) in [6.45, 7) is 3.94. The highest BCUT2D eigenvalue weighted by Crippen LogP contribution is 2.23. The summed E-state index contributed by atoms with van der Waals surface area (Å²) in [4.78, 5) is 15.2. The van der Waals surface area contributed by atoms with E-state index >= 15 is 0 Å². The lowest BCUT2D eigenvalue weighted by Gasteiger charge is -2.11. The number of aromatic amines is 1. The molecule has 0 radical (unpaired) electrons. The molecule has 0 amide bonds. The summed E-state index contributed by atoms with van der Waals surface area (Å²) in [6.07, 6.45) is -2.90. The van der Waals surface area contributed by atoms with Crippen LogP contribution < -0.4 is 14.9 Å². The number of alkyl halides is 3. The lowest BCUT2D eigenvalue weighted by Crippen LogP contribution is -2.19. The number of benzene rings is 1. The van der Waals surface area contributed by atoms with Crippen molar-refractivity contribution in [1.29, 1.82) is 0 Å². The van der Waals surface area contributed by atoms with E-state index in [1.54, 1.807) is 6.92 Å². The van der Waals surface area contributed by atoms with Gasteiger partial charge in [-0.1, -0.05) is 12.7 Å². The van der Waals surface area contributed by atoms with Gasteiger partial charge in [-0.05, 0) is 19.1 Å². The number of hydrogen-bond acceptors (Lipinski definition) is 3. The number of H-pyrrole nitrogens is 1. The average Bonchev–Trinajstić information content (AvgIpc) is 2.44. The van der Waals surface area contributed by atoms with Crippen LogP contribution in [0.3, 0.4) is 0 Å².